The number of hydrogen-bond acceptors (Lipinski definition) is 8. The molecule has 9 heteroatoms. The number of rotatable bonds is 4. The van der Waals surface area contributed by atoms with Gasteiger partial charge < -0.3 is 30.4 Å². The third kappa shape index (κ3) is 4.20. The van der Waals surface area contributed by atoms with Gasteiger partial charge in [0.05, 0.1) is 32.9 Å². The average molecular weight is 495 g/mol. The molecular formula is C26H34N6O2S. The molecule has 35 heavy (non-hydrogen) atoms. The van der Waals surface area contributed by atoms with Crippen LogP contribution in [0.25, 0.3) is 22.3 Å². The fraction of sp³-hybridized carbons (Fsp3) is 0.500. The number of benzene rings is 1. The van der Waals surface area contributed by atoms with Crippen LogP contribution in [0, 0.1) is 0 Å². The van der Waals surface area contributed by atoms with Gasteiger partial charge in [-0.1, -0.05) is 0 Å². The number of piperazine rings is 1. The molecule has 186 valence electrons. The van der Waals surface area contributed by atoms with E-state index >= 15 is 0 Å². The van der Waals surface area contributed by atoms with Crippen LogP contribution in [0.5, 0.6) is 0 Å². The number of nitrogens with zero attached hydrogens (tertiary/aromatic N) is 3. The SMILES string of the molecule is C[C@@H]1CN(c2ccc3nc(C4=C(NC5CCOCC5)c5sccc5NC4O)[nH]c3c2)C[C@H](C)N1C. The Labute approximate surface area is 210 Å². The first-order valence-electron chi connectivity index (χ1n) is 12.6. The quantitative estimate of drug-likeness (QED) is 0.441. The van der Waals surface area contributed by atoms with Gasteiger partial charge in [0.1, 0.15) is 5.82 Å². The minimum absolute atomic E-state index is 0.311. The van der Waals surface area contributed by atoms with Gasteiger partial charge in [0.15, 0.2) is 6.23 Å². The summed E-state index contributed by atoms with van der Waals surface area (Å²) in [6.07, 6.45) is 1.05. The number of aliphatic hydroxyl groups is 1. The normalized spacial score (nSPS) is 26.2. The molecule has 4 N–H and O–H groups in total. The number of fused-ring (bicyclic) bond motifs is 2. The summed E-state index contributed by atoms with van der Waals surface area (Å²) in [4.78, 5) is 14.5. The summed E-state index contributed by atoms with van der Waals surface area (Å²) in [6.45, 7) is 8.09. The fourth-order valence-corrected chi connectivity index (χ4v) is 6.35. The van der Waals surface area contributed by atoms with Gasteiger partial charge >= 0.3 is 0 Å². The van der Waals surface area contributed by atoms with Gasteiger partial charge in [-0.25, -0.2) is 4.98 Å². The Morgan fingerprint density at radius 1 is 1.14 bits per heavy atom. The highest BCUT2D eigenvalue weighted by Crippen LogP contribution is 2.40. The fourth-order valence-electron chi connectivity index (χ4n) is 5.47. The molecule has 2 saturated heterocycles. The number of aromatic amines is 1. The highest BCUT2D eigenvalue weighted by Gasteiger charge is 2.32. The van der Waals surface area contributed by atoms with Crippen LogP contribution in [0.4, 0.5) is 11.4 Å². The Hall–Kier alpha value is -2.59. The number of likely N-dealkylation sites (N-methyl/N-ethyl adjacent to an activating group) is 1. The molecule has 1 aromatic carbocycles. The number of imidazole rings is 1. The first kappa shape index (κ1) is 22.8. The van der Waals surface area contributed by atoms with E-state index in [1.54, 1.807) is 11.3 Å². The summed E-state index contributed by atoms with van der Waals surface area (Å²) in [7, 11) is 2.21. The molecule has 8 nitrogen and oxygen atoms in total. The molecule has 2 fully saturated rings. The summed E-state index contributed by atoms with van der Waals surface area (Å²) in [5, 5.41) is 20.2. The molecular weight excluding hydrogens is 460 g/mol. The van der Waals surface area contributed by atoms with Gasteiger partial charge in [-0.3, -0.25) is 4.90 Å². The van der Waals surface area contributed by atoms with Crippen molar-refractivity contribution >= 4 is 45.0 Å². The van der Waals surface area contributed by atoms with Crippen LogP contribution in [0.3, 0.4) is 0 Å². The van der Waals surface area contributed by atoms with Crippen molar-refractivity contribution in [3.8, 4) is 0 Å². The number of aromatic nitrogens is 2. The second-order valence-corrected chi connectivity index (χ2v) is 11.0. The van der Waals surface area contributed by atoms with Crippen molar-refractivity contribution in [2.24, 2.45) is 0 Å². The van der Waals surface area contributed by atoms with Crippen LogP contribution in [0.2, 0.25) is 0 Å². The van der Waals surface area contributed by atoms with Gasteiger partial charge in [-0.05, 0) is 63.4 Å². The monoisotopic (exact) mass is 494 g/mol. The van der Waals surface area contributed by atoms with Gasteiger partial charge in [0.25, 0.3) is 0 Å². The van der Waals surface area contributed by atoms with Crippen molar-refractivity contribution < 1.29 is 9.84 Å². The summed E-state index contributed by atoms with van der Waals surface area (Å²) >= 11 is 1.67. The van der Waals surface area contributed by atoms with Gasteiger partial charge in [-0.2, -0.15) is 0 Å². The van der Waals surface area contributed by atoms with Crippen LogP contribution in [0.15, 0.2) is 29.6 Å². The molecule has 0 spiro atoms. The van der Waals surface area contributed by atoms with E-state index in [9.17, 15) is 5.11 Å². The molecule has 1 unspecified atom stereocenters. The lowest BCUT2D eigenvalue weighted by Crippen LogP contribution is -2.55. The molecule has 5 heterocycles. The molecule has 0 bridgehead atoms. The van der Waals surface area contributed by atoms with Crippen molar-refractivity contribution in [2.45, 2.75) is 51.0 Å². The molecule has 3 atom stereocenters. The zero-order chi connectivity index (χ0) is 24.1. The summed E-state index contributed by atoms with van der Waals surface area (Å²) in [6, 6.07) is 9.78. The van der Waals surface area contributed by atoms with E-state index in [-0.39, 0.29) is 0 Å². The van der Waals surface area contributed by atoms with Crippen LogP contribution in [-0.4, -0.2) is 77.7 Å². The number of nitrogens with one attached hydrogen (secondary N) is 3. The third-order valence-corrected chi connectivity index (χ3v) is 8.67. The molecule has 6 rings (SSSR count). The Morgan fingerprint density at radius 3 is 2.69 bits per heavy atom. The Balaban J connectivity index is 1.37. The molecule has 3 aliphatic heterocycles. The number of aliphatic hydroxyl groups excluding tert-OH is 1. The topological polar surface area (TPSA) is 88.7 Å². The van der Waals surface area contributed by atoms with E-state index < -0.39 is 6.23 Å². The van der Waals surface area contributed by atoms with E-state index in [0.29, 0.717) is 23.9 Å². The standard InChI is InChI=1S/C26H34N6O2S/c1-15-13-32(14-16(2)31(15)3)18-4-5-19-21(12-18)29-25(28-19)22-23(27-17-6-9-34-10-7-17)24-20(8-11-35-24)30-26(22)33/h4-5,8,11-12,15-17,26-27,30,33H,6-7,9-10,13-14H2,1-3H3,(H,28,29)/t15-,16+,26?. The minimum Gasteiger partial charge on any atom is -0.381 e. The van der Waals surface area contributed by atoms with E-state index in [4.69, 9.17) is 9.72 Å². The third-order valence-electron chi connectivity index (χ3n) is 7.74. The lowest BCUT2D eigenvalue weighted by molar-refractivity contribution is 0.0818. The van der Waals surface area contributed by atoms with E-state index in [1.807, 2.05) is 6.07 Å². The molecule has 3 aliphatic rings. The molecule has 0 saturated carbocycles. The molecule has 2 aromatic heterocycles. The zero-order valence-electron chi connectivity index (χ0n) is 20.5. The molecule has 0 aliphatic carbocycles. The number of hydrogen-bond donors (Lipinski definition) is 4. The smallest absolute Gasteiger partial charge is 0.156 e. The molecule has 3 aromatic rings. The lowest BCUT2D eigenvalue weighted by Gasteiger charge is -2.43. The maximum Gasteiger partial charge on any atom is 0.156 e. The summed E-state index contributed by atoms with van der Waals surface area (Å²) < 4.78 is 5.56. The second-order valence-electron chi connectivity index (χ2n) is 10.1. The van der Waals surface area contributed by atoms with Gasteiger partial charge in [0, 0.05) is 50.1 Å². The van der Waals surface area contributed by atoms with Crippen molar-refractivity contribution in [3.05, 3.63) is 40.3 Å². The van der Waals surface area contributed by atoms with Crippen molar-refractivity contribution in [1.29, 1.82) is 0 Å². The minimum atomic E-state index is -0.848. The van der Waals surface area contributed by atoms with E-state index in [0.717, 1.165) is 72.0 Å². The molecule has 0 radical (unpaired) electrons. The average Bonchev–Trinajstić information content (AvgIpc) is 3.49. The van der Waals surface area contributed by atoms with Crippen molar-refractivity contribution in [1.82, 2.24) is 20.2 Å². The second kappa shape index (κ2) is 9.13. The lowest BCUT2D eigenvalue weighted by atomic mass is 10.0. The van der Waals surface area contributed by atoms with Crippen molar-refractivity contribution in [3.63, 3.8) is 0 Å². The first-order valence-corrected chi connectivity index (χ1v) is 13.4. The number of ether oxygens (including phenoxy) is 1. The Kier molecular flexibility index (Phi) is 5.96. The highest BCUT2D eigenvalue weighted by atomic mass is 32.1. The Morgan fingerprint density at radius 2 is 1.91 bits per heavy atom. The Bertz CT molecular complexity index is 1230. The van der Waals surface area contributed by atoms with Crippen LogP contribution < -0.4 is 15.5 Å². The van der Waals surface area contributed by atoms with Gasteiger partial charge in [-0.15, -0.1) is 11.3 Å². The largest absolute Gasteiger partial charge is 0.381 e. The van der Waals surface area contributed by atoms with Crippen LogP contribution >= 0.6 is 11.3 Å². The maximum absolute atomic E-state index is 11.2. The van der Waals surface area contributed by atoms with Crippen LogP contribution in [-0.2, 0) is 4.74 Å². The first-order chi connectivity index (χ1) is 17.0. The highest BCUT2D eigenvalue weighted by molar-refractivity contribution is 7.11. The van der Waals surface area contributed by atoms with Crippen molar-refractivity contribution in [2.75, 3.05) is 43.6 Å². The predicted octanol–water partition coefficient (Wildman–Crippen LogP) is 3.53. The zero-order valence-corrected chi connectivity index (χ0v) is 21.4. The van der Waals surface area contributed by atoms with E-state index in [2.05, 4.69) is 69.9 Å². The molecule has 0 amide bonds. The number of H-pyrrole nitrogens is 1. The predicted molar refractivity (Wildman–Crippen MR) is 143 cm³/mol. The summed E-state index contributed by atoms with van der Waals surface area (Å²) in [5.41, 5.74) is 5.79. The van der Waals surface area contributed by atoms with E-state index in [1.165, 1.54) is 5.69 Å². The van der Waals surface area contributed by atoms with Crippen LogP contribution in [0.1, 0.15) is 37.4 Å². The number of thiophene rings is 1. The number of anilines is 2. The maximum atomic E-state index is 11.2. The summed E-state index contributed by atoms with van der Waals surface area (Å²) in [5.74, 6) is 0.700. The van der Waals surface area contributed by atoms with Gasteiger partial charge in [0.2, 0.25) is 0 Å².